The molecular formula is C15H24N4. The van der Waals surface area contributed by atoms with Gasteiger partial charge in [0.2, 0.25) is 0 Å². The molecule has 4 heteroatoms. The molecule has 0 radical (unpaired) electrons. The van der Waals surface area contributed by atoms with Crippen molar-refractivity contribution in [2.24, 2.45) is 5.41 Å². The predicted octanol–water partition coefficient (Wildman–Crippen LogP) is 1.93. The van der Waals surface area contributed by atoms with E-state index in [-0.39, 0.29) is 0 Å². The van der Waals surface area contributed by atoms with Crippen LogP contribution in [0, 0.1) is 26.2 Å². The molecule has 1 aromatic rings. The van der Waals surface area contributed by atoms with Gasteiger partial charge in [0.1, 0.15) is 11.6 Å². The summed E-state index contributed by atoms with van der Waals surface area (Å²) < 4.78 is 0. The molecule has 4 nitrogen and oxygen atoms in total. The van der Waals surface area contributed by atoms with Crippen LogP contribution >= 0.6 is 0 Å². The van der Waals surface area contributed by atoms with Gasteiger partial charge in [0.15, 0.2) is 0 Å². The van der Waals surface area contributed by atoms with Crippen molar-refractivity contribution in [3.05, 3.63) is 17.1 Å². The third kappa shape index (κ3) is 2.22. The first kappa shape index (κ1) is 12.9. The molecule has 19 heavy (non-hydrogen) atoms. The monoisotopic (exact) mass is 260 g/mol. The van der Waals surface area contributed by atoms with Crippen LogP contribution in [0.5, 0.6) is 0 Å². The first-order valence-electron chi connectivity index (χ1n) is 7.24. The Balaban J connectivity index is 1.85. The molecule has 1 aromatic heterocycles. The lowest BCUT2D eigenvalue weighted by Crippen LogP contribution is -2.30. The molecule has 0 aliphatic carbocycles. The molecule has 0 saturated carbocycles. The molecule has 2 aliphatic heterocycles. The first-order valence-corrected chi connectivity index (χ1v) is 7.24. The Hall–Kier alpha value is -1.16. The molecule has 1 unspecified atom stereocenters. The largest absolute Gasteiger partial charge is 0.356 e. The zero-order valence-electron chi connectivity index (χ0n) is 12.5. The molecule has 3 rings (SSSR count). The molecule has 3 heterocycles. The zero-order valence-corrected chi connectivity index (χ0v) is 12.5. The van der Waals surface area contributed by atoms with Crippen LogP contribution in [0.2, 0.25) is 0 Å². The molecule has 0 bridgehead atoms. The Morgan fingerprint density at radius 2 is 1.74 bits per heavy atom. The highest BCUT2D eigenvalue weighted by atomic mass is 15.2. The van der Waals surface area contributed by atoms with Crippen molar-refractivity contribution in [3.63, 3.8) is 0 Å². The second kappa shape index (κ2) is 4.44. The average Bonchev–Trinajstić information content (AvgIpc) is 2.92. The highest BCUT2D eigenvalue weighted by Crippen LogP contribution is 2.40. The van der Waals surface area contributed by atoms with Crippen LogP contribution in [-0.4, -0.2) is 48.1 Å². The number of rotatable bonds is 1. The number of aryl methyl sites for hydroxylation is 2. The molecule has 0 N–H and O–H groups in total. The van der Waals surface area contributed by atoms with Crippen molar-refractivity contribution in [3.8, 4) is 0 Å². The third-order valence-corrected chi connectivity index (χ3v) is 4.84. The maximum absolute atomic E-state index is 4.69. The van der Waals surface area contributed by atoms with Crippen LogP contribution in [-0.2, 0) is 0 Å². The van der Waals surface area contributed by atoms with E-state index in [4.69, 9.17) is 4.98 Å². The highest BCUT2D eigenvalue weighted by Gasteiger charge is 2.43. The molecule has 1 spiro atoms. The predicted molar refractivity (Wildman–Crippen MR) is 77.6 cm³/mol. The smallest absolute Gasteiger partial charge is 0.135 e. The van der Waals surface area contributed by atoms with E-state index in [1.807, 2.05) is 6.92 Å². The van der Waals surface area contributed by atoms with Crippen LogP contribution in [0.15, 0.2) is 0 Å². The van der Waals surface area contributed by atoms with Gasteiger partial charge in [-0.1, -0.05) is 0 Å². The van der Waals surface area contributed by atoms with Crippen molar-refractivity contribution < 1.29 is 0 Å². The van der Waals surface area contributed by atoms with Crippen molar-refractivity contribution in [2.75, 3.05) is 38.1 Å². The van der Waals surface area contributed by atoms with Gasteiger partial charge in [-0.2, -0.15) is 0 Å². The fourth-order valence-corrected chi connectivity index (χ4v) is 3.67. The summed E-state index contributed by atoms with van der Waals surface area (Å²) in [4.78, 5) is 14.1. The zero-order chi connectivity index (χ0) is 13.6. The maximum atomic E-state index is 4.69. The summed E-state index contributed by atoms with van der Waals surface area (Å²) in [6.45, 7) is 11.0. The summed E-state index contributed by atoms with van der Waals surface area (Å²) in [5.41, 5.74) is 2.87. The fraction of sp³-hybridized carbons (Fsp3) is 0.733. The Labute approximate surface area is 115 Å². The summed E-state index contributed by atoms with van der Waals surface area (Å²) in [5, 5.41) is 0. The van der Waals surface area contributed by atoms with Crippen LogP contribution in [0.4, 0.5) is 5.82 Å². The lowest BCUT2D eigenvalue weighted by molar-refractivity contribution is 0.312. The summed E-state index contributed by atoms with van der Waals surface area (Å²) in [5.74, 6) is 2.05. The van der Waals surface area contributed by atoms with Gasteiger partial charge in [-0.15, -0.1) is 0 Å². The van der Waals surface area contributed by atoms with Gasteiger partial charge in [0.05, 0.1) is 0 Å². The van der Waals surface area contributed by atoms with Gasteiger partial charge in [0, 0.05) is 36.3 Å². The average molecular weight is 260 g/mol. The molecule has 2 saturated heterocycles. The fourth-order valence-electron chi connectivity index (χ4n) is 3.67. The molecule has 2 fully saturated rings. The van der Waals surface area contributed by atoms with Gasteiger partial charge in [-0.25, -0.2) is 9.97 Å². The first-order chi connectivity index (χ1) is 8.99. The van der Waals surface area contributed by atoms with Gasteiger partial charge in [-0.05, 0) is 47.2 Å². The Morgan fingerprint density at radius 1 is 1.00 bits per heavy atom. The minimum atomic E-state index is 0.508. The van der Waals surface area contributed by atoms with Crippen LogP contribution in [0.25, 0.3) is 0 Å². The Bertz CT molecular complexity index is 499. The third-order valence-electron chi connectivity index (χ3n) is 4.84. The van der Waals surface area contributed by atoms with E-state index in [0.717, 1.165) is 30.4 Å². The van der Waals surface area contributed by atoms with Gasteiger partial charge in [0.25, 0.3) is 0 Å². The van der Waals surface area contributed by atoms with E-state index < -0.39 is 0 Å². The normalized spacial score (nSPS) is 27.7. The summed E-state index contributed by atoms with van der Waals surface area (Å²) in [7, 11) is 2.24. The molecule has 0 aromatic carbocycles. The van der Waals surface area contributed by atoms with Crippen molar-refractivity contribution in [1.82, 2.24) is 14.9 Å². The highest BCUT2D eigenvalue weighted by molar-refractivity contribution is 5.49. The number of anilines is 1. The quantitative estimate of drug-likeness (QED) is 0.772. The SMILES string of the molecule is Cc1nc(C)c(C)c(N2CCC3(CCN(C)C3)C2)n1. The number of hydrogen-bond donors (Lipinski definition) is 0. The Kier molecular flexibility index (Phi) is 3.01. The number of likely N-dealkylation sites (tertiary alicyclic amines) is 1. The standard InChI is InChI=1S/C15H24N4/c1-11-12(2)16-13(3)17-14(11)19-8-6-15(10-19)5-7-18(4)9-15/h5-10H2,1-4H3. The van der Waals surface area contributed by atoms with E-state index in [1.54, 1.807) is 0 Å². The van der Waals surface area contributed by atoms with Crippen LogP contribution in [0.1, 0.15) is 29.9 Å². The topological polar surface area (TPSA) is 32.3 Å². The maximum Gasteiger partial charge on any atom is 0.135 e. The molecule has 0 amide bonds. The molecule has 1 atom stereocenters. The van der Waals surface area contributed by atoms with E-state index >= 15 is 0 Å². The summed E-state index contributed by atoms with van der Waals surface area (Å²) in [6.07, 6.45) is 2.64. The van der Waals surface area contributed by atoms with Crippen molar-refractivity contribution >= 4 is 5.82 Å². The van der Waals surface area contributed by atoms with Crippen molar-refractivity contribution in [2.45, 2.75) is 33.6 Å². The lowest BCUT2D eigenvalue weighted by Gasteiger charge is -2.25. The Morgan fingerprint density at radius 3 is 2.42 bits per heavy atom. The van der Waals surface area contributed by atoms with E-state index in [2.05, 4.69) is 35.7 Å². The minimum absolute atomic E-state index is 0.508. The van der Waals surface area contributed by atoms with E-state index in [0.29, 0.717) is 5.41 Å². The van der Waals surface area contributed by atoms with Gasteiger partial charge in [-0.3, -0.25) is 0 Å². The van der Waals surface area contributed by atoms with Crippen LogP contribution in [0.3, 0.4) is 0 Å². The summed E-state index contributed by atoms with van der Waals surface area (Å²) >= 11 is 0. The second-order valence-electron chi connectivity index (χ2n) is 6.46. The van der Waals surface area contributed by atoms with Crippen LogP contribution < -0.4 is 4.90 Å². The lowest BCUT2D eigenvalue weighted by atomic mass is 9.86. The molecule has 2 aliphatic rings. The van der Waals surface area contributed by atoms with Crippen molar-refractivity contribution in [1.29, 1.82) is 0 Å². The molecular weight excluding hydrogens is 236 g/mol. The number of nitrogens with zero attached hydrogens (tertiary/aromatic N) is 4. The van der Waals surface area contributed by atoms with E-state index in [1.165, 1.54) is 31.5 Å². The number of aromatic nitrogens is 2. The van der Waals surface area contributed by atoms with Gasteiger partial charge >= 0.3 is 0 Å². The van der Waals surface area contributed by atoms with Gasteiger partial charge < -0.3 is 9.80 Å². The summed E-state index contributed by atoms with van der Waals surface area (Å²) in [6, 6.07) is 0. The molecule has 104 valence electrons. The minimum Gasteiger partial charge on any atom is -0.356 e. The van der Waals surface area contributed by atoms with E-state index in [9.17, 15) is 0 Å². The number of hydrogen-bond acceptors (Lipinski definition) is 4. The second-order valence-corrected chi connectivity index (χ2v) is 6.46.